The number of nitriles is 2. The summed E-state index contributed by atoms with van der Waals surface area (Å²) in [6.45, 7) is 4.05. The Balaban J connectivity index is 2.59. The van der Waals surface area contributed by atoms with Gasteiger partial charge in [0.15, 0.2) is 0 Å². The van der Waals surface area contributed by atoms with Crippen LogP contribution in [0.25, 0.3) is 11.3 Å². The van der Waals surface area contributed by atoms with Crippen LogP contribution < -0.4 is 0 Å². The van der Waals surface area contributed by atoms with Crippen molar-refractivity contribution in [3.8, 4) is 23.4 Å². The van der Waals surface area contributed by atoms with Gasteiger partial charge < -0.3 is 0 Å². The molecule has 94 valence electrons. The highest BCUT2D eigenvalue weighted by molar-refractivity contribution is 14.1. The van der Waals surface area contributed by atoms with E-state index in [1.807, 2.05) is 30.7 Å². The second-order valence-corrected chi connectivity index (χ2v) is 5.38. The Morgan fingerprint density at radius 3 is 2.26 bits per heavy atom. The smallest absolute Gasteiger partial charge is 0.118 e. The normalized spacial score (nSPS) is 10.2. The van der Waals surface area contributed by atoms with Gasteiger partial charge in [0.1, 0.15) is 21.0 Å². The van der Waals surface area contributed by atoms with Crippen LogP contribution in [0.1, 0.15) is 31.0 Å². The third kappa shape index (κ3) is 2.47. The van der Waals surface area contributed by atoms with E-state index in [0.717, 1.165) is 9.26 Å². The minimum Gasteiger partial charge on any atom is -0.255 e. The Kier molecular flexibility index (Phi) is 3.87. The fourth-order valence-corrected chi connectivity index (χ4v) is 2.80. The maximum Gasteiger partial charge on any atom is 0.118 e. The SMILES string of the molecule is CC(C)n1nc(-c2ccc(C#N)cc2)c(C#N)c1I. The van der Waals surface area contributed by atoms with Crippen LogP contribution in [0.5, 0.6) is 0 Å². The van der Waals surface area contributed by atoms with Crippen molar-refractivity contribution in [2.75, 3.05) is 0 Å². The summed E-state index contributed by atoms with van der Waals surface area (Å²) in [7, 11) is 0. The molecule has 19 heavy (non-hydrogen) atoms. The highest BCUT2D eigenvalue weighted by Gasteiger charge is 2.18. The largest absolute Gasteiger partial charge is 0.255 e. The molecule has 1 aromatic heterocycles. The Hall–Kier alpha value is -1.86. The van der Waals surface area contributed by atoms with Gasteiger partial charge in [0, 0.05) is 11.6 Å². The zero-order valence-electron chi connectivity index (χ0n) is 10.6. The lowest BCUT2D eigenvalue weighted by atomic mass is 10.1. The summed E-state index contributed by atoms with van der Waals surface area (Å²) in [6, 6.07) is 11.6. The summed E-state index contributed by atoms with van der Waals surface area (Å²) in [5.41, 5.74) is 2.71. The molecule has 0 aliphatic carbocycles. The first-order chi connectivity index (χ1) is 9.08. The molecule has 0 saturated carbocycles. The van der Waals surface area contributed by atoms with Crippen molar-refractivity contribution in [2.24, 2.45) is 0 Å². The second-order valence-electron chi connectivity index (χ2n) is 4.35. The first-order valence-electron chi connectivity index (χ1n) is 5.77. The molecule has 1 heterocycles. The van der Waals surface area contributed by atoms with Crippen molar-refractivity contribution < 1.29 is 0 Å². The third-order valence-corrected chi connectivity index (χ3v) is 3.77. The molecule has 0 saturated heterocycles. The standard InChI is InChI=1S/C14H11IN4/c1-9(2)19-14(15)12(8-17)13(18-19)11-5-3-10(7-16)4-6-11/h3-6,9H,1-2H3. The molecule has 0 N–H and O–H groups in total. The highest BCUT2D eigenvalue weighted by atomic mass is 127. The molecule has 0 aliphatic heterocycles. The molecule has 0 spiro atoms. The van der Waals surface area contributed by atoms with Gasteiger partial charge in [-0.25, -0.2) is 0 Å². The average molecular weight is 362 g/mol. The number of halogens is 1. The van der Waals surface area contributed by atoms with E-state index in [4.69, 9.17) is 5.26 Å². The molecule has 1 aromatic carbocycles. The van der Waals surface area contributed by atoms with E-state index in [9.17, 15) is 5.26 Å². The summed E-state index contributed by atoms with van der Waals surface area (Å²) in [4.78, 5) is 0. The van der Waals surface area contributed by atoms with Gasteiger partial charge in [-0.1, -0.05) is 12.1 Å². The number of benzene rings is 1. The van der Waals surface area contributed by atoms with Gasteiger partial charge in [-0.3, -0.25) is 4.68 Å². The van der Waals surface area contributed by atoms with Gasteiger partial charge >= 0.3 is 0 Å². The molecule has 0 unspecified atom stereocenters. The Morgan fingerprint density at radius 2 is 1.79 bits per heavy atom. The van der Waals surface area contributed by atoms with Crippen molar-refractivity contribution in [2.45, 2.75) is 19.9 Å². The molecule has 0 aliphatic rings. The van der Waals surface area contributed by atoms with Gasteiger partial charge in [-0.15, -0.1) is 0 Å². The molecular formula is C14H11IN4. The molecule has 0 bridgehead atoms. The number of nitrogens with zero attached hydrogens (tertiary/aromatic N) is 4. The summed E-state index contributed by atoms with van der Waals surface area (Å²) < 4.78 is 2.68. The van der Waals surface area contributed by atoms with E-state index in [0.29, 0.717) is 16.8 Å². The molecule has 5 heteroatoms. The third-order valence-electron chi connectivity index (χ3n) is 2.74. The minimum atomic E-state index is 0.200. The molecule has 0 fully saturated rings. The topological polar surface area (TPSA) is 65.4 Å². The molecular weight excluding hydrogens is 351 g/mol. The van der Waals surface area contributed by atoms with Crippen LogP contribution in [0.2, 0.25) is 0 Å². The maximum absolute atomic E-state index is 9.30. The first kappa shape index (κ1) is 13.6. The fourth-order valence-electron chi connectivity index (χ4n) is 1.76. The molecule has 0 atom stereocenters. The summed E-state index contributed by atoms with van der Waals surface area (Å²) in [5, 5.41) is 22.6. The van der Waals surface area contributed by atoms with Crippen LogP contribution in [0.3, 0.4) is 0 Å². The lowest BCUT2D eigenvalue weighted by Gasteiger charge is -2.05. The number of hydrogen-bond acceptors (Lipinski definition) is 3. The Labute approximate surface area is 125 Å². The van der Waals surface area contributed by atoms with Crippen molar-refractivity contribution in [1.82, 2.24) is 9.78 Å². The quantitative estimate of drug-likeness (QED) is 0.769. The second kappa shape index (κ2) is 5.41. The maximum atomic E-state index is 9.30. The van der Waals surface area contributed by atoms with Crippen LogP contribution in [0.15, 0.2) is 24.3 Å². The zero-order chi connectivity index (χ0) is 14.0. The Bertz CT molecular complexity index is 684. The number of rotatable bonds is 2. The molecule has 0 amide bonds. The molecule has 2 rings (SSSR count). The van der Waals surface area contributed by atoms with Crippen molar-refractivity contribution in [3.63, 3.8) is 0 Å². The van der Waals surface area contributed by atoms with E-state index < -0.39 is 0 Å². The van der Waals surface area contributed by atoms with E-state index in [1.165, 1.54) is 0 Å². The molecule has 2 aromatic rings. The van der Waals surface area contributed by atoms with Crippen LogP contribution in [0, 0.1) is 26.4 Å². The van der Waals surface area contributed by atoms with E-state index in [2.05, 4.69) is 39.8 Å². The van der Waals surface area contributed by atoms with Crippen LogP contribution >= 0.6 is 22.6 Å². The van der Waals surface area contributed by atoms with E-state index >= 15 is 0 Å². The number of hydrogen-bond donors (Lipinski definition) is 0. The van der Waals surface area contributed by atoms with Gasteiger partial charge in [0.2, 0.25) is 0 Å². The first-order valence-corrected chi connectivity index (χ1v) is 6.85. The van der Waals surface area contributed by atoms with Gasteiger partial charge in [-0.2, -0.15) is 15.6 Å². The van der Waals surface area contributed by atoms with Crippen molar-refractivity contribution >= 4 is 22.6 Å². The Morgan fingerprint density at radius 1 is 1.16 bits per heavy atom. The van der Waals surface area contributed by atoms with E-state index in [-0.39, 0.29) is 6.04 Å². The van der Waals surface area contributed by atoms with Crippen molar-refractivity contribution in [3.05, 3.63) is 39.1 Å². The average Bonchev–Trinajstić information content (AvgIpc) is 2.76. The summed E-state index contributed by atoms with van der Waals surface area (Å²) >= 11 is 2.14. The van der Waals surface area contributed by atoms with Gasteiger partial charge in [0.05, 0.1) is 11.6 Å². The predicted octanol–water partition coefficient (Wildman–Crippen LogP) is 3.48. The molecule has 0 radical (unpaired) electrons. The van der Waals surface area contributed by atoms with Gasteiger partial charge in [-0.05, 0) is 48.6 Å². The van der Waals surface area contributed by atoms with Crippen LogP contribution in [0.4, 0.5) is 0 Å². The van der Waals surface area contributed by atoms with Crippen molar-refractivity contribution in [1.29, 1.82) is 10.5 Å². The number of aromatic nitrogens is 2. The fraction of sp³-hybridized carbons (Fsp3) is 0.214. The predicted molar refractivity (Wildman–Crippen MR) is 80.2 cm³/mol. The van der Waals surface area contributed by atoms with Gasteiger partial charge in [0.25, 0.3) is 0 Å². The van der Waals surface area contributed by atoms with Crippen LogP contribution in [-0.4, -0.2) is 9.78 Å². The lowest BCUT2D eigenvalue weighted by molar-refractivity contribution is 0.522. The highest BCUT2D eigenvalue weighted by Crippen LogP contribution is 2.28. The van der Waals surface area contributed by atoms with Crippen LogP contribution in [-0.2, 0) is 0 Å². The lowest BCUT2D eigenvalue weighted by Crippen LogP contribution is -2.04. The summed E-state index contributed by atoms with van der Waals surface area (Å²) in [5.74, 6) is 0. The molecule has 4 nitrogen and oxygen atoms in total. The minimum absolute atomic E-state index is 0.200. The zero-order valence-corrected chi connectivity index (χ0v) is 12.7. The summed E-state index contributed by atoms with van der Waals surface area (Å²) in [6.07, 6.45) is 0. The van der Waals surface area contributed by atoms with E-state index in [1.54, 1.807) is 12.1 Å². The monoisotopic (exact) mass is 362 g/mol.